The molecule has 0 spiro atoms. The molecule has 5 amide bonds. The van der Waals surface area contributed by atoms with Crippen LogP contribution in [0.25, 0.3) is 0 Å². The largest absolute Gasteiger partial charge is 0.497 e. The van der Waals surface area contributed by atoms with Gasteiger partial charge in [-0.2, -0.15) is 4.31 Å². The quantitative estimate of drug-likeness (QED) is 0.185. The highest BCUT2D eigenvalue weighted by atomic mass is 32.2. The van der Waals surface area contributed by atoms with Gasteiger partial charge in [0.15, 0.2) is 6.10 Å². The fraction of sp³-hybridized carbons (Fsp3) is 0.642. The first-order valence-corrected chi connectivity index (χ1v) is 26.9. The van der Waals surface area contributed by atoms with Gasteiger partial charge in [-0.3, -0.25) is 28.8 Å². The fourth-order valence-electron chi connectivity index (χ4n) is 9.18. The first kappa shape index (κ1) is 60.0. The maximum atomic E-state index is 14.9. The summed E-state index contributed by atoms with van der Waals surface area (Å²) >= 11 is 0. The molecule has 2 heterocycles. The van der Waals surface area contributed by atoms with Crippen LogP contribution in [0.1, 0.15) is 112 Å². The molecule has 2 aromatic carbocycles. The van der Waals surface area contributed by atoms with Gasteiger partial charge in [0.25, 0.3) is 5.91 Å². The number of hydrogen-bond acceptors (Lipinski definition) is 13. The number of aliphatic hydroxyl groups excluding tert-OH is 1. The molecule has 19 nitrogen and oxygen atoms in total. The van der Waals surface area contributed by atoms with Crippen LogP contribution in [0.5, 0.6) is 5.75 Å². The minimum Gasteiger partial charge on any atom is -0.497 e. The van der Waals surface area contributed by atoms with E-state index in [-0.39, 0.29) is 49.0 Å². The topological polar surface area (TPSA) is 247 Å². The molecule has 4 rings (SSSR count). The predicted molar refractivity (Wildman–Crippen MR) is 273 cm³/mol. The maximum Gasteiger partial charge on any atom is 0.329 e. The zero-order valence-electron chi connectivity index (χ0n) is 44.9. The van der Waals surface area contributed by atoms with E-state index in [0.29, 0.717) is 24.2 Å². The minimum absolute atomic E-state index is 0.0113. The van der Waals surface area contributed by atoms with Gasteiger partial charge >= 0.3 is 11.9 Å². The summed E-state index contributed by atoms with van der Waals surface area (Å²) in [6, 6.07) is 5.06. The average Bonchev–Trinajstić information content (AvgIpc) is 3.83. The number of benzene rings is 2. The number of aliphatic hydroxyl groups is 1. The van der Waals surface area contributed by atoms with Gasteiger partial charge in [-0.15, -0.1) is 0 Å². The molecule has 0 aliphatic carbocycles. The van der Waals surface area contributed by atoms with Gasteiger partial charge in [0.1, 0.15) is 42.1 Å². The van der Waals surface area contributed by atoms with E-state index in [1.807, 2.05) is 13.8 Å². The van der Waals surface area contributed by atoms with Crippen LogP contribution in [0.4, 0.5) is 0 Å². The summed E-state index contributed by atoms with van der Waals surface area (Å²) in [4.78, 5) is 104. The van der Waals surface area contributed by atoms with Crippen LogP contribution in [0.3, 0.4) is 0 Å². The van der Waals surface area contributed by atoms with Crippen LogP contribution in [0.15, 0.2) is 53.4 Å². The number of methoxy groups -OCH3 is 1. The molecule has 2 aliphatic heterocycles. The molecule has 73 heavy (non-hydrogen) atoms. The van der Waals surface area contributed by atoms with Crippen molar-refractivity contribution in [3.05, 3.63) is 59.7 Å². The summed E-state index contributed by atoms with van der Waals surface area (Å²) < 4.78 is 46.3. The van der Waals surface area contributed by atoms with E-state index in [4.69, 9.17) is 14.2 Å². The normalized spacial score (nSPS) is 25.4. The highest BCUT2D eigenvalue weighted by Gasteiger charge is 2.45. The highest BCUT2D eigenvalue weighted by molar-refractivity contribution is 7.89. The SMILES string of the molecule is CC[C@H](C)[C@H]1NC(=O)[C@@H](NC(=O)[C@@H](CC(C)C)N(C)S(=O)(=O)c2ccc(C)cc2)[C@@H](C)OC(=O)[C@H](Cc2ccc(OC)cc2)N(C)C(=O)[C@@H]2CCCN2C(=O)[C@H](CC(C)C)NC(=O)C(C(C)C)OC(=O)CC1O. The zero-order valence-corrected chi connectivity index (χ0v) is 45.7. The lowest BCUT2D eigenvalue weighted by Crippen LogP contribution is -2.61. The lowest BCUT2D eigenvalue weighted by Gasteiger charge is -2.35. The van der Waals surface area contributed by atoms with Gasteiger partial charge in [0.2, 0.25) is 33.7 Å². The predicted octanol–water partition coefficient (Wildman–Crippen LogP) is 3.91. The van der Waals surface area contributed by atoms with Gasteiger partial charge in [0.05, 0.1) is 30.6 Å². The number of nitrogens with zero attached hydrogens (tertiary/aromatic N) is 3. The van der Waals surface area contributed by atoms with Gasteiger partial charge in [-0.25, -0.2) is 13.2 Å². The second-order valence-corrected chi connectivity index (χ2v) is 22.8. The lowest BCUT2D eigenvalue weighted by molar-refractivity contribution is -0.162. The molecule has 406 valence electrons. The van der Waals surface area contributed by atoms with Crippen LogP contribution in [-0.4, -0.2) is 151 Å². The van der Waals surface area contributed by atoms with Gasteiger partial charge < -0.3 is 45.1 Å². The van der Waals surface area contributed by atoms with Crippen molar-refractivity contribution in [1.29, 1.82) is 0 Å². The van der Waals surface area contributed by atoms with Crippen molar-refractivity contribution in [1.82, 2.24) is 30.1 Å². The van der Waals surface area contributed by atoms with E-state index in [9.17, 15) is 47.1 Å². The van der Waals surface area contributed by atoms with Crippen molar-refractivity contribution in [3.63, 3.8) is 0 Å². The summed E-state index contributed by atoms with van der Waals surface area (Å²) in [5.74, 6) is -6.57. The van der Waals surface area contributed by atoms with Crippen LogP contribution >= 0.6 is 0 Å². The van der Waals surface area contributed by atoms with Crippen molar-refractivity contribution in [3.8, 4) is 5.75 Å². The Balaban J connectivity index is 1.89. The van der Waals surface area contributed by atoms with Crippen LogP contribution in [-0.2, 0) is 59.5 Å². The number of fused-ring (bicyclic) bond motifs is 1. The Morgan fingerprint density at radius 3 is 2.10 bits per heavy atom. The number of aryl methyl sites for hydroxylation is 1. The maximum absolute atomic E-state index is 14.9. The Kier molecular flexibility index (Phi) is 21.8. The molecule has 4 N–H and O–H groups in total. The van der Waals surface area contributed by atoms with E-state index in [1.165, 1.54) is 50.1 Å². The molecule has 10 atom stereocenters. The third kappa shape index (κ3) is 15.7. The van der Waals surface area contributed by atoms with Gasteiger partial charge in [-0.1, -0.05) is 91.6 Å². The molecule has 2 saturated heterocycles. The number of esters is 2. The first-order chi connectivity index (χ1) is 34.2. The summed E-state index contributed by atoms with van der Waals surface area (Å²) in [5.41, 5.74) is 1.41. The second-order valence-electron chi connectivity index (χ2n) is 20.9. The molecule has 2 aliphatic rings. The van der Waals surface area contributed by atoms with Crippen molar-refractivity contribution >= 4 is 51.5 Å². The van der Waals surface area contributed by atoms with E-state index in [1.54, 1.807) is 84.9 Å². The number of cyclic esters (lactones) is 2. The molecule has 0 bridgehead atoms. The van der Waals surface area contributed by atoms with E-state index in [0.717, 1.165) is 9.87 Å². The van der Waals surface area contributed by atoms with Crippen molar-refractivity contribution in [2.45, 2.75) is 174 Å². The Morgan fingerprint density at radius 1 is 0.904 bits per heavy atom. The number of carbonyl (C=O) groups is 7. The van der Waals surface area contributed by atoms with Crippen LogP contribution < -0.4 is 20.7 Å². The van der Waals surface area contributed by atoms with E-state index < -0.39 is 124 Å². The highest BCUT2D eigenvalue weighted by Crippen LogP contribution is 2.27. The number of sulfonamides is 1. The van der Waals surface area contributed by atoms with Crippen molar-refractivity contribution in [2.75, 3.05) is 27.7 Å². The van der Waals surface area contributed by atoms with E-state index >= 15 is 0 Å². The lowest BCUT2D eigenvalue weighted by atomic mass is 9.92. The average molecular weight is 1040 g/mol. The molecule has 0 radical (unpaired) electrons. The summed E-state index contributed by atoms with van der Waals surface area (Å²) in [6.07, 6.45) is -4.06. The zero-order chi connectivity index (χ0) is 54.6. The standard InChI is InChI=1S/C53H80N6O13S/c1-14-34(9)45-43(60)29-44(61)72-47(32(6)7)50(64)54-39(26-30(2)3)51(65)59-25-15-16-40(59)52(66)57(11)42(28-36-19-21-37(70-13)22-20-36)53(67)71-35(10)46(49(63)55-45)56-48(62)41(27-31(4)5)58(12)73(68,69)38-23-17-33(8)18-24-38/h17-24,30-32,34-35,39-43,45-47,60H,14-16,25-29H2,1-13H3,(H,54,64)(H,55,63)(H,56,62)/t34-,35+,39-,40-,41+,42-,43?,45+,46-,47?/m0/s1. The first-order valence-electron chi connectivity index (χ1n) is 25.5. The molecular formula is C53H80N6O13S. The number of carbonyl (C=O) groups excluding carboxylic acids is 7. The van der Waals surface area contributed by atoms with Gasteiger partial charge in [0, 0.05) is 27.1 Å². The monoisotopic (exact) mass is 1040 g/mol. The molecule has 2 aromatic rings. The Hall–Kier alpha value is -5.60. The Bertz CT molecular complexity index is 2340. The molecule has 2 unspecified atom stereocenters. The Morgan fingerprint density at radius 2 is 1.53 bits per heavy atom. The third-order valence-corrected chi connectivity index (χ3v) is 15.7. The fourth-order valence-corrected chi connectivity index (χ4v) is 10.5. The number of hydrogen-bond donors (Lipinski definition) is 4. The van der Waals surface area contributed by atoms with Crippen molar-refractivity contribution in [2.24, 2.45) is 23.7 Å². The third-order valence-electron chi connectivity index (χ3n) is 13.8. The number of ether oxygens (including phenoxy) is 3. The molecular weight excluding hydrogens is 961 g/mol. The number of amides is 5. The molecule has 0 saturated carbocycles. The minimum atomic E-state index is -4.29. The summed E-state index contributed by atoms with van der Waals surface area (Å²) in [6.45, 7) is 17.5. The number of nitrogens with one attached hydrogen (secondary N) is 3. The molecule has 0 aromatic heterocycles. The van der Waals surface area contributed by atoms with E-state index in [2.05, 4.69) is 16.0 Å². The number of likely N-dealkylation sites (N-methyl/N-ethyl adjacent to an activating group) is 2. The number of rotatable bonds is 15. The van der Waals surface area contributed by atoms with Gasteiger partial charge in [-0.05, 0) is 93.0 Å². The van der Waals surface area contributed by atoms with Crippen LogP contribution in [0, 0.1) is 30.6 Å². The molecule has 20 heteroatoms. The Labute approximate surface area is 431 Å². The van der Waals surface area contributed by atoms with Crippen LogP contribution in [0.2, 0.25) is 0 Å². The summed E-state index contributed by atoms with van der Waals surface area (Å²) in [7, 11) is -0.102. The smallest absolute Gasteiger partial charge is 0.329 e. The summed E-state index contributed by atoms with van der Waals surface area (Å²) in [5, 5.41) is 20.0. The second kappa shape index (κ2) is 26.6. The van der Waals surface area contributed by atoms with Crippen molar-refractivity contribution < 1.29 is 61.3 Å². The molecule has 2 fully saturated rings.